The van der Waals surface area contributed by atoms with Crippen molar-refractivity contribution in [2.75, 3.05) is 16.8 Å². The topological polar surface area (TPSA) is 113 Å². The summed E-state index contributed by atoms with van der Waals surface area (Å²) in [5.41, 5.74) is 0.385. The summed E-state index contributed by atoms with van der Waals surface area (Å²) in [5.74, 6) is -2.48. The molecule has 1 spiro atoms. The third kappa shape index (κ3) is 2.06. The lowest BCUT2D eigenvalue weighted by Crippen LogP contribution is -2.54. The Morgan fingerprint density at radius 3 is 2.52 bits per heavy atom. The first kappa shape index (κ1) is 18.2. The highest BCUT2D eigenvalue weighted by Crippen LogP contribution is 2.60. The first-order chi connectivity index (χ1) is 15.0. The number of nitro benzene ring substituents is 1. The van der Waals surface area contributed by atoms with Crippen LogP contribution in [-0.4, -0.2) is 40.1 Å². The van der Waals surface area contributed by atoms with Crippen LogP contribution >= 0.6 is 0 Å². The molecule has 4 aliphatic heterocycles. The van der Waals surface area contributed by atoms with Crippen LogP contribution in [0.4, 0.5) is 17.1 Å². The fourth-order valence-corrected chi connectivity index (χ4v) is 6.14. The molecule has 6 rings (SSSR count). The van der Waals surface area contributed by atoms with Crippen LogP contribution in [0.2, 0.25) is 0 Å². The Hall–Kier alpha value is -3.59. The zero-order valence-electron chi connectivity index (χ0n) is 16.4. The molecule has 31 heavy (non-hydrogen) atoms. The molecule has 0 aromatic heterocycles. The number of nitrogens with zero attached hydrogens (tertiary/aromatic N) is 3. The molecule has 4 aliphatic rings. The molecule has 4 heterocycles. The molecule has 0 radical (unpaired) electrons. The van der Waals surface area contributed by atoms with Gasteiger partial charge in [-0.15, -0.1) is 0 Å². The zero-order chi connectivity index (χ0) is 21.5. The monoisotopic (exact) mass is 418 g/mol. The van der Waals surface area contributed by atoms with Gasteiger partial charge in [0.1, 0.15) is 5.54 Å². The number of rotatable bonds is 2. The van der Waals surface area contributed by atoms with Crippen molar-refractivity contribution in [3.05, 3.63) is 64.2 Å². The molecular weight excluding hydrogens is 400 g/mol. The average Bonchev–Trinajstić information content (AvgIpc) is 3.46. The number of nitrogens with one attached hydrogen (secondary N) is 1. The molecule has 3 saturated heterocycles. The molecule has 1 N–H and O–H groups in total. The van der Waals surface area contributed by atoms with Crippen molar-refractivity contribution < 1.29 is 19.3 Å². The van der Waals surface area contributed by atoms with E-state index in [2.05, 4.69) is 10.2 Å². The number of fused-ring (bicyclic) bond motifs is 7. The van der Waals surface area contributed by atoms with E-state index in [4.69, 9.17) is 0 Å². The molecule has 0 saturated carbocycles. The quantitative estimate of drug-likeness (QED) is 0.454. The number of anilines is 2. The molecule has 9 nitrogen and oxygen atoms in total. The van der Waals surface area contributed by atoms with Crippen LogP contribution in [0.3, 0.4) is 0 Å². The number of carbonyl (C=O) groups excluding carboxylic acids is 3. The highest BCUT2D eigenvalue weighted by atomic mass is 16.6. The summed E-state index contributed by atoms with van der Waals surface area (Å²) in [6.07, 6.45) is 1.59. The van der Waals surface area contributed by atoms with Crippen molar-refractivity contribution in [1.82, 2.24) is 4.90 Å². The highest BCUT2D eigenvalue weighted by molar-refractivity contribution is 6.25. The van der Waals surface area contributed by atoms with Crippen molar-refractivity contribution in [2.24, 2.45) is 11.8 Å². The Kier molecular flexibility index (Phi) is 3.51. The minimum Gasteiger partial charge on any atom is -0.324 e. The van der Waals surface area contributed by atoms with Crippen LogP contribution in [0, 0.1) is 22.0 Å². The van der Waals surface area contributed by atoms with Crippen molar-refractivity contribution in [3.8, 4) is 0 Å². The summed E-state index contributed by atoms with van der Waals surface area (Å²) in [4.78, 5) is 54.3. The molecule has 156 valence electrons. The predicted molar refractivity (Wildman–Crippen MR) is 109 cm³/mol. The van der Waals surface area contributed by atoms with E-state index in [-0.39, 0.29) is 23.5 Å². The van der Waals surface area contributed by atoms with E-state index in [1.54, 1.807) is 0 Å². The van der Waals surface area contributed by atoms with E-state index >= 15 is 0 Å². The second-order valence-electron chi connectivity index (χ2n) is 8.46. The van der Waals surface area contributed by atoms with Crippen molar-refractivity contribution in [3.63, 3.8) is 0 Å². The summed E-state index contributed by atoms with van der Waals surface area (Å²) in [7, 11) is 0. The van der Waals surface area contributed by atoms with Crippen LogP contribution in [0.5, 0.6) is 0 Å². The first-order valence-electron chi connectivity index (χ1n) is 10.3. The number of carbonyl (C=O) groups is 3. The van der Waals surface area contributed by atoms with Gasteiger partial charge in [0.05, 0.1) is 22.4 Å². The molecule has 0 bridgehead atoms. The number of hydrogen-bond donors (Lipinski definition) is 1. The third-order valence-electron chi connectivity index (χ3n) is 7.22. The molecule has 0 aliphatic carbocycles. The SMILES string of the molecule is O=C1[C@H]2[C@@H](C(=O)N1c1ccc([N+](=O)[O-])cc1)[C@]1(C(=O)Nc3ccccc31)N1CCC[C@@H]21. The lowest BCUT2D eigenvalue weighted by Gasteiger charge is -2.36. The van der Waals surface area contributed by atoms with Crippen LogP contribution in [0.25, 0.3) is 0 Å². The van der Waals surface area contributed by atoms with Gasteiger partial charge >= 0.3 is 0 Å². The van der Waals surface area contributed by atoms with Gasteiger partial charge in [-0.05, 0) is 37.6 Å². The summed E-state index contributed by atoms with van der Waals surface area (Å²) < 4.78 is 0. The number of para-hydroxylation sites is 1. The summed E-state index contributed by atoms with van der Waals surface area (Å²) in [6, 6.07) is 12.5. The number of amides is 3. The molecular formula is C22H18N4O5. The van der Waals surface area contributed by atoms with Gasteiger partial charge in [0.25, 0.3) is 5.69 Å². The number of hydrogen-bond acceptors (Lipinski definition) is 6. The van der Waals surface area contributed by atoms with Gasteiger partial charge in [-0.1, -0.05) is 18.2 Å². The number of non-ortho nitro benzene ring substituents is 1. The van der Waals surface area contributed by atoms with Gasteiger partial charge < -0.3 is 5.32 Å². The van der Waals surface area contributed by atoms with Crippen LogP contribution in [0.15, 0.2) is 48.5 Å². The van der Waals surface area contributed by atoms with Crippen molar-refractivity contribution >= 4 is 34.8 Å². The highest BCUT2D eigenvalue weighted by Gasteiger charge is 2.74. The number of imide groups is 1. The lowest BCUT2D eigenvalue weighted by molar-refractivity contribution is -0.384. The standard InChI is InChI=1S/C22H18N4O5/c27-19-17-16-6-3-11-24(16)22(14-4-1-2-5-15(14)23-21(22)29)18(17)20(28)25(19)12-7-9-13(10-8-12)26(30)31/h1-2,4-5,7-10,16-18H,3,6,11H2,(H,23,29)/t16-,17+,18-,22+/m0/s1. The third-order valence-corrected chi connectivity index (χ3v) is 7.22. The largest absolute Gasteiger partial charge is 0.324 e. The minimum atomic E-state index is -1.20. The van der Waals surface area contributed by atoms with Gasteiger partial charge in [-0.3, -0.25) is 29.4 Å². The molecule has 9 heteroatoms. The Bertz CT molecular complexity index is 1180. The summed E-state index contributed by atoms with van der Waals surface area (Å²) in [6.45, 7) is 0.650. The molecule has 0 unspecified atom stereocenters. The minimum absolute atomic E-state index is 0.120. The van der Waals surface area contributed by atoms with E-state index in [0.717, 1.165) is 23.3 Å². The van der Waals surface area contributed by atoms with Gasteiger partial charge in [0.2, 0.25) is 17.7 Å². The molecule has 3 amide bonds. The normalized spacial score (nSPS) is 31.2. The maximum Gasteiger partial charge on any atom is 0.269 e. The summed E-state index contributed by atoms with van der Waals surface area (Å²) >= 11 is 0. The number of benzene rings is 2. The van der Waals surface area contributed by atoms with Gasteiger partial charge in [0.15, 0.2) is 0 Å². The van der Waals surface area contributed by atoms with Crippen LogP contribution < -0.4 is 10.2 Å². The van der Waals surface area contributed by atoms with Crippen molar-refractivity contribution in [1.29, 1.82) is 0 Å². The smallest absolute Gasteiger partial charge is 0.269 e. The second-order valence-corrected chi connectivity index (χ2v) is 8.46. The van der Waals surface area contributed by atoms with Gasteiger partial charge in [-0.25, -0.2) is 4.90 Å². The van der Waals surface area contributed by atoms with E-state index in [1.807, 2.05) is 24.3 Å². The Balaban J connectivity index is 1.50. The Morgan fingerprint density at radius 1 is 1.03 bits per heavy atom. The van der Waals surface area contributed by atoms with Gasteiger partial charge in [0, 0.05) is 29.4 Å². The molecule has 3 fully saturated rings. The van der Waals surface area contributed by atoms with E-state index in [9.17, 15) is 24.5 Å². The maximum atomic E-state index is 13.7. The van der Waals surface area contributed by atoms with E-state index < -0.39 is 28.2 Å². The maximum absolute atomic E-state index is 13.7. The second kappa shape index (κ2) is 5.98. The fraction of sp³-hybridized carbons (Fsp3) is 0.318. The first-order valence-corrected chi connectivity index (χ1v) is 10.3. The van der Waals surface area contributed by atoms with Gasteiger partial charge in [-0.2, -0.15) is 0 Å². The van der Waals surface area contributed by atoms with Crippen LogP contribution in [0.1, 0.15) is 18.4 Å². The van der Waals surface area contributed by atoms with Crippen molar-refractivity contribution in [2.45, 2.75) is 24.4 Å². The molecule has 2 aromatic rings. The van der Waals surface area contributed by atoms with E-state index in [0.29, 0.717) is 17.9 Å². The lowest BCUT2D eigenvalue weighted by atomic mass is 9.75. The Morgan fingerprint density at radius 2 is 1.77 bits per heavy atom. The number of nitro groups is 1. The van der Waals surface area contributed by atoms with E-state index in [1.165, 1.54) is 24.3 Å². The summed E-state index contributed by atoms with van der Waals surface area (Å²) in [5, 5.41) is 13.9. The molecule has 2 aromatic carbocycles. The fourth-order valence-electron chi connectivity index (χ4n) is 6.14. The predicted octanol–water partition coefficient (Wildman–Crippen LogP) is 2.03. The molecule has 4 atom stereocenters. The Labute approximate surface area is 176 Å². The van der Waals surface area contributed by atoms with Crippen LogP contribution in [-0.2, 0) is 19.9 Å². The zero-order valence-corrected chi connectivity index (χ0v) is 16.4. The average molecular weight is 418 g/mol.